The number of benzene rings is 1. The molecule has 1 aromatic heterocycles. The van der Waals surface area contributed by atoms with Crippen molar-refractivity contribution in [2.45, 2.75) is 31.8 Å². The number of non-ortho nitro benzene ring substituents is 1. The van der Waals surface area contributed by atoms with Gasteiger partial charge in [0.25, 0.3) is 5.69 Å². The van der Waals surface area contributed by atoms with Gasteiger partial charge in [0, 0.05) is 35.6 Å². The molecule has 0 fully saturated rings. The lowest BCUT2D eigenvalue weighted by molar-refractivity contribution is -0.384. The Kier molecular flexibility index (Phi) is 5.86. The van der Waals surface area contributed by atoms with Gasteiger partial charge in [-0.05, 0) is 38.2 Å². The lowest BCUT2D eigenvalue weighted by Crippen LogP contribution is -2.14. The molecule has 0 radical (unpaired) electrons. The summed E-state index contributed by atoms with van der Waals surface area (Å²) in [6.07, 6.45) is 2.69. The minimum atomic E-state index is -0.493. The minimum Gasteiger partial charge on any atom is -0.326 e. The summed E-state index contributed by atoms with van der Waals surface area (Å²) in [7, 11) is 0. The van der Waals surface area contributed by atoms with Gasteiger partial charge in [0.2, 0.25) is 5.91 Å². The van der Waals surface area contributed by atoms with Crippen LogP contribution in [0.15, 0.2) is 29.4 Å². The highest BCUT2D eigenvalue weighted by molar-refractivity contribution is 7.98. The highest BCUT2D eigenvalue weighted by atomic mass is 32.2. The van der Waals surface area contributed by atoms with Gasteiger partial charge in [0.15, 0.2) is 5.16 Å². The lowest BCUT2D eigenvalue weighted by Gasteiger charge is -2.10. The van der Waals surface area contributed by atoms with Crippen molar-refractivity contribution < 1.29 is 9.72 Å². The third-order valence-corrected chi connectivity index (χ3v) is 4.07. The van der Waals surface area contributed by atoms with E-state index in [1.807, 2.05) is 20.1 Å². The number of nitro benzene ring substituents is 1. The zero-order valence-electron chi connectivity index (χ0n) is 13.7. The van der Waals surface area contributed by atoms with E-state index < -0.39 is 4.92 Å². The van der Waals surface area contributed by atoms with Gasteiger partial charge in [-0.2, -0.15) is 0 Å². The number of carbonyl (C=O) groups is 1. The van der Waals surface area contributed by atoms with Crippen LogP contribution in [0.4, 0.5) is 11.4 Å². The normalized spacial score (nSPS) is 10.5. The SMILES string of the molecule is CSc1nc(C)c(CCC(=O)Nc2cccc([N+](=O)[O-])c2)c(C)n1. The topological polar surface area (TPSA) is 98.0 Å². The number of aromatic nitrogens is 2. The molecule has 0 aliphatic carbocycles. The average molecular weight is 346 g/mol. The van der Waals surface area contributed by atoms with E-state index in [4.69, 9.17) is 0 Å². The summed E-state index contributed by atoms with van der Waals surface area (Å²) in [5, 5.41) is 14.2. The molecule has 0 aliphatic heterocycles. The van der Waals surface area contributed by atoms with Crippen molar-refractivity contribution in [2.75, 3.05) is 11.6 Å². The van der Waals surface area contributed by atoms with Crippen molar-refractivity contribution in [3.63, 3.8) is 0 Å². The summed E-state index contributed by atoms with van der Waals surface area (Å²) in [4.78, 5) is 31.1. The highest BCUT2D eigenvalue weighted by Crippen LogP contribution is 2.19. The molecule has 0 saturated heterocycles. The van der Waals surface area contributed by atoms with Gasteiger partial charge < -0.3 is 5.32 Å². The summed E-state index contributed by atoms with van der Waals surface area (Å²) in [6, 6.07) is 5.88. The first kappa shape index (κ1) is 17.9. The van der Waals surface area contributed by atoms with Gasteiger partial charge >= 0.3 is 0 Å². The van der Waals surface area contributed by atoms with Crippen molar-refractivity contribution in [1.29, 1.82) is 0 Å². The van der Waals surface area contributed by atoms with Gasteiger partial charge in [0.1, 0.15) is 0 Å². The second kappa shape index (κ2) is 7.87. The van der Waals surface area contributed by atoms with Gasteiger partial charge in [-0.3, -0.25) is 14.9 Å². The van der Waals surface area contributed by atoms with Crippen LogP contribution in [0.25, 0.3) is 0 Å². The van der Waals surface area contributed by atoms with Crippen molar-refractivity contribution in [2.24, 2.45) is 0 Å². The van der Waals surface area contributed by atoms with Crippen LogP contribution in [0, 0.1) is 24.0 Å². The summed E-state index contributed by atoms with van der Waals surface area (Å²) in [5.41, 5.74) is 3.06. The second-order valence-corrected chi connectivity index (χ2v) is 5.99. The lowest BCUT2D eigenvalue weighted by atomic mass is 10.1. The largest absolute Gasteiger partial charge is 0.326 e. The third-order valence-electron chi connectivity index (χ3n) is 3.53. The Bertz CT molecular complexity index is 757. The number of rotatable bonds is 6. The maximum atomic E-state index is 12.1. The Morgan fingerprint density at radius 2 is 1.96 bits per heavy atom. The summed E-state index contributed by atoms with van der Waals surface area (Å²) in [6.45, 7) is 3.81. The predicted molar refractivity (Wildman–Crippen MR) is 93.3 cm³/mol. The van der Waals surface area contributed by atoms with E-state index in [1.54, 1.807) is 6.07 Å². The van der Waals surface area contributed by atoms with Crippen molar-refractivity contribution in [3.8, 4) is 0 Å². The summed E-state index contributed by atoms with van der Waals surface area (Å²) in [5.74, 6) is -0.205. The molecule has 0 spiro atoms. The number of nitro groups is 1. The molecular weight excluding hydrogens is 328 g/mol. The molecular formula is C16H18N4O3S. The van der Waals surface area contributed by atoms with Crippen LogP contribution in [0.3, 0.4) is 0 Å². The molecule has 1 amide bonds. The Morgan fingerprint density at radius 1 is 1.29 bits per heavy atom. The number of hydrogen-bond donors (Lipinski definition) is 1. The summed E-state index contributed by atoms with van der Waals surface area (Å²) >= 11 is 1.48. The van der Waals surface area contributed by atoms with E-state index in [0.717, 1.165) is 22.1 Å². The smallest absolute Gasteiger partial charge is 0.271 e. The van der Waals surface area contributed by atoms with Crippen molar-refractivity contribution in [1.82, 2.24) is 9.97 Å². The van der Waals surface area contributed by atoms with Gasteiger partial charge in [-0.25, -0.2) is 9.97 Å². The maximum absolute atomic E-state index is 12.1. The van der Waals surface area contributed by atoms with Crippen molar-refractivity contribution >= 4 is 29.0 Å². The molecule has 0 aliphatic rings. The fourth-order valence-electron chi connectivity index (χ4n) is 2.32. The minimum absolute atomic E-state index is 0.0551. The standard InChI is InChI=1S/C16H18N4O3S/c1-10-14(11(2)18-16(17-10)24-3)7-8-15(21)19-12-5-4-6-13(9-12)20(22)23/h4-6,9H,7-8H2,1-3H3,(H,19,21). The van der Waals surface area contributed by atoms with E-state index >= 15 is 0 Å². The fraction of sp³-hybridized carbons (Fsp3) is 0.312. The van der Waals surface area contributed by atoms with E-state index in [9.17, 15) is 14.9 Å². The van der Waals surface area contributed by atoms with E-state index in [2.05, 4.69) is 15.3 Å². The van der Waals surface area contributed by atoms with Gasteiger partial charge in [-0.15, -0.1) is 0 Å². The maximum Gasteiger partial charge on any atom is 0.271 e. The molecule has 1 heterocycles. The zero-order valence-corrected chi connectivity index (χ0v) is 14.5. The van der Waals surface area contributed by atoms with Gasteiger partial charge in [0.05, 0.1) is 4.92 Å². The third kappa shape index (κ3) is 4.51. The summed E-state index contributed by atoms with van der Waals surface area (Å²) < 4.78 is 0. The number of aryl methyl sites for hydroxylation is 2. The van der Waals surface area contributed by atoms with Crippen LogP contribution in [0.1, 0.15) is 23.4 Å². The molecule has 2 aromatic rings. The number of hydrogen-bond acceptors (Lipinski definition) is 6. The molecule has 8 heteroatoms. The van der Waals surface area contributed by atoms with Crippen LogP contribution in [0.2, 0.25) is 0 Å². The Balaban J connectivity index is 2.01. The van der Waals surface area contributed by atoms with Crippen LogP contribution in [-0.4, -0.2) is 27.1 Å². The van der Waals surface area contributed by atoms with Crippen LogP contribution < -0.4 is 5.32 Å². The van der Waals surface area contributed by atoms with Crippen LogP contribution in [0.5, 0.6) is 0 Å². The number of nitrogens with zero attached hydrogens (tertiary/aromatic N) is 3. The number of carbonyl (C=O) groups excluding carboxylic acids is 1. The molecule has 0 saturated carbocycles. The van der Waals surface area contributed by atoms with E-state index in [-0.39, 0.29) is 18.0 Å². The molecule has 0 unspecified atom stereocenters. The number of nitrogens with one attached hydrogen (secondary N) is 1. The number of amides is 1. The Hall–Kier alpha value is -2.48. The first-order valence-electron chi connectivity index (χ1n) is 7.33. The molecule has 24 heavy (non-hydrogen) atoms. The van der Waals surface area contributed by atoms with Crippen LogP contribution in [-0.2, 0) is 11.2 Å². The number of anilines is 1. The zero-order chi connectivity index (χ0) is 17.7. The van der Waals surface area contributed by atoms with Crippen LogP contribution >= 0.6 is 11.8 Å². The van der Waals surface area contributed by atoms with Gasteiger partial charge in [-0.1, -0.05) is 17.8 Å². The molecule has 0 atom stereocenters. The molecule has 126 valence electrons. The van der Waals surface area contributed by atoms with E-state index in [0.29, 0.717) is 12.1 Å². The first-order chi connectivity index (χ1) is 11.4. The molecule has 1 N–H and O–H groups in total. The Morgan fingerprint density at radius 3 is 2.54 bits per heavy atom. The number of thioether (sulfide) groups is 1. The molecule has 2 rings (SSSR count). The molecule has 7 nitrogen and oxygen atoms in total. The van der Waals surface area contributed by atoms with Crippen molar-refractivity contribution in [3.05, 3.63) is 51.3 Å². The second-order valence-electron chi connectivity index (χ2n) is 5.22. The predicted octanol–water partition coefficient (Wildman–Crippen LogP) is 3.29. The monoisotopic (exact) mass is 346 g/mol. The highest BCUT2D eigenvalue weighted by Gasteiger charge is 2.12. The van der Waals surface area contributed by atoms with E-state index in [1.165, 1.54) is 30.0 Å². The fourth-order valence-corrected chi connectivity index (χ4v) is 2.78. The Labute approximate surface area is 144 Å². The quantitative estimate of drug-likeness (QED) is 0.373. The first-order valence-corrected chi connectivity index (χ1v) is 8.55. The molecule has 1 aromatic carbocycles. The molecule has 0 bridgehead atoms. The average Bonchev–Trinajstić information content (AvgIpc) is 2.54.